The van der Waals surface area contributed by atoms with Crippen LogP contribution < -0.4 is 0 Å². The molecule has 0 amide bonds. The fourth-order valence-electron chi connectivity index (χ4n) is 7.32. The van der Waals surface area contributed by atoms with Crippen molar-refractivity contribution in [3.05, 3.63) is 151 Å². The van der Waals surface area contributed by atoms with Crippen LogP contribution in [0, 0.1) is 0 Å². The van der Waals surface area contributed by atoms with Crippen LogP contribution >= 0.6 is 0 Å². The first kappa shape index (κ1) is 25.0. The standard InChI is InChI=1S/C41H29N3/c1-41(2)34-24-38-33(23-32(34)31-22-21-26-13-9-10-18-29(26)39(31)41)30-19-11-12-20-37(30)44(38)40-42-35(27-14-5-3-6-15-27)25-36(43-40)28-16-7-4-8-17-28/h3-25H,1-2H3. The van der Waals surface area contributed by atoms with E-state index in [9.17, 15) is 0 Å². The number of benzene rings is 6. The van der Waals surface area contributed by atoms with Crippen molar-refractivity contribution in [1.29, 1.82) is 0 Å². The average Bonchev–Trinajstić information content (AvgIpc) is 3.52. The maximum absolute atomic E-state index is 5.23. The van der Waals surface area contributed by atoms with Crippen LogP contribution in [-0.4, -0.2) is 14.5 Å². The summed E-state index contributed by atoms with van der Waals surface area (Å²) in [7, 11) is 0. The minimum atomic E-state index is -0.164. The van der Waals surface area contributed by atoms with Crippen LogP contribution in [0.1, 0.15) is 25.0 Å². The molecule has 0 N–H and O–H groups in total. The van der Waals surface area contributed by atoms with Crippen LogP contribution in [0.25, 0.3) is 72.2 Å². The normalized spacial score (nSPS) is 13.4. The first-order valence-electron chi connectivity index (χ1n) is 15.2. The van der Waals surface area contributed by atoms with E-state index in [2.05, 4.69) is 146 Å². The molecule has 0 spiro atoms. The SMILES string of the molecule is CC1(C)c2cc3c(cc2-c2ccc4ccccc4c21)c1ccccc1n3-c1nc(-c2ccccc2)cc(-c2ccccc2)n1. The predicted octanol–water partition coefficient (Wildman–Crippen LogP) is 10.4. The lowest BCUT2D eigenvalue weighted by atomic mass is 9.80. The first-order valence-corrected chi connectivity index (χ1v) is 15.2. The number of aromatic nitrogens is 3. The Bertz CT molecular complexity index is 2340. The maximum atomic E-state index is 5.23. The van der Waals surface area contributed by atoms with Crippen molar-refractivity contribution in [2.45, 2.75) is 19.3 Å². The van der Waals surface area contributed by atoms with Gasteiger partial charge >= 0.3 is 0 Å². The summed E-state index contributed by atoms with van der Waals surface area (Å²) >= 11 is 0. The van der Waals surface area contributed by atoms with Gasteiger partial charge in [0.25, 0.3) is 0 Å². The molecule has 0 saturated carbocycles. The van der Waals surface area contributed by atoms with Gasteiger partial charge in [-0.2, -0.15) is 0 Å². The molecule has 3 heteroatoms. The van der Waals surface area contributed by atoms with Crippen LogP contribution in [0.5, 0.6) is 0 Å². The molecule has 0 saturated heterocycles. The lowest BCUT2D eigenvalue weighted by Gasteiger charge is -2.23. The third-order valence-corrected chi connectivity index (χ3v) is 9.38. The van der Waals surface area contributed by atoms with Gasteiger partial charge < -0.3 is 0 Å². The van der Waals surface area contributed by atoms with Gasteiger partial charge in [-0.05, 0) is 57.3 Å². The molecular formula is C41H29N3. The molecule has 0 fully saturated rings. The Hall–Kier alpha value is -5.54. The highest BCUT2D eigenvalue weighted by Gasteiger charge is 2.37. The number of para-hydroxylation sites is 1. The van der Waals surface area contributed by atoms with Gasteiger partial charge in [0.15, 0.2) is 0 Å². The van der Waals surface area contributed by atoms with E-state index in [0.29, 0.717) is 5.95 Å². The third-order valence-electron chi connectivity index (χ3n) is 9.38. The van der Waals surface area contributed by atoms with Crippen molar-refractivity contribution in [3.8, 4) is 39.6 Å². The van der Waals surface area contributed by atoms with Gasteiger partial charge in [0.1, 0.15) is 0 Å². The summed E-state index contributed by atoms with van der Waals surface area (Å²) < 4.78 is 2.26. The molecule has 1 aliphatic rings. The summed E-state index contributed by atoms with van der Waals surface area (Å²) in [6.45, 7) is 4.73. The Morgan fingerprint density at radius 2 is 1.11 bits per heavy atom. The molecular weight excluding hydrogens is 534 g/mol. The summed E-state index contributed by atoms with van der Waals surface area (Å²) in [4.78, 5) is 10.5. The fraction of sp³-hybridized carbons (Fsp3) is 0.0732. The fourth-order valence-corrected chi connectivity index (χ4v) is 7.32. The topological polar surface area (TPSA) is 30.7 Å². The number of hydrogen-bond acceptors (Lipinski definition) is 2. The summed E-state index contributed by atoms with van der Waals surface area (Å²) in [6.07, 6.45) is 0. The van der Waals surface area contributed by atoms with Crippen molar-refractivity contribution in [3.63, 3.8) is 0 Å². The van der Waals surface area contributed by atoms with E-state index in [1.165, 1.54) is 43.8 Å². The molecule has 0 radical (unpaired) electrons. The molecule has 6 aromatic carbocycles. The zero-order chi connectivity index (χ0) is 29.4. The zero-order valence-electron chi connectivity index (χ0n) is 24.6. The summed E-state index contributed by atoms with van der Waals surface area (Å²) in [6, 6.07) is 49.7. The maximum Gasteiger partial charge on any atom is 0.235 e. The molecule has 0 bridgehead atoms. The van der Waals surface area contributed by atoms with E-state index in [-0.39, 0.29) is 5.41 Å². The van der Waals surface area contributed by atoms with E-state index in [1.54, 1.807) is 0 Å². The van der Waals surface area contributed by atoms with E-state index in [4.69, 9.17) is 9.97 Å². The minimum Gasteiger partial charge on any atom is -0.278 e. The van der Waals surface area contributed by atoms with E-state index in [1.807, 2.05) is 12.1 Å². The number of nitrogens with zero attached hydrogens (tertiary/aromatic N) is 3. The first-order chi connectivity index (χ1) is 21.6. The average molecular weight is 564 g/mol. The molecule has 44 heavy (non-hydrogen) atoms. The molecule has 0 atom stereocenters. The van der Waals surface area contributed by atoms with Crippen molar-refractivity contribution in [2.75, 3.05) is 0 Å². The van der Waals surface area contributed by atoms with E-state index >= 15 is 0 Å². The van der Waals surface area contributed by atoms with Gasteiger partial charge in [-0.1, -0.05) is 129 Å². The van der Waals surface area contributed by atoms with Crippen LogP contribution in [0.3, 0.4) is 0 Å². The number of rotatable bonds is 3. The number of fused-ring (bicyclic) bond motifs is 8. The Labute approximate surface area is 256 Å². The van der Waals surface area contributed by atoms with Gasteiger partial charge in [-0.3, -0.25) is 4.57 Å². The second-order valence-corrected chi connectivity index (χ2v) is 12.3. The van der Waals surface area contributed by atoms with Crippen LogP contribution in [0.4, 0.5) is 0 Å². The van der Waals surface area contributed by atoms with Gasteiger partial charge in [0.2, 0.25) is 5.95 Å². The Morgan fingerprint density at radius 3 is 1.82 bits per heavy atom. The monoisotopic (exact) mass is 563 g/mol. The minimum absolute atomic E-state index is 0.164. The Morgan fingerprint density at radius 1 is 0.500 bits per heavy atom. The van der Waals surface area contributed by atoms with Gasteiger partial charge in [-0.15, -0.1) is 0 Å². The molecule has 3 nitrogen and oxygen atoms in total. The van der Waals surface area contributed by atoms with Crippen LogP contribution in [0.2, 0.25) is 0 Å². The van der Waals surface area contributed by atoms with Gasteiger partial charge in [0.05, 0.1) is 22.4 Å². The van der Waals surface area contributed by atoms with Crippen molar-refractivity contribution < 1.29 is 0 Å². The number of hydrogen-bond donors (Lipinski definition) is 0. The molecule has 9 rings (SSSR count). The molecule has 8 aromatic rings. The van der Waals surface area contributed by atoms with Crippen LogP contribution in [-0.2, 0) is 5.41 Å². The lowest BCUT2D eigenvalue weighted by molar-refractivity contribution is 0.667. The van der Waals surface area contributed by atoms with E-state index < -0.39 is 0 Å². The Kier molecular flexibility index (Phi) is 5.24. The molecule has 2 aromatic heterocycles. The summed E-state index contributed by atoms with van der Waals surface area (Å²) in [5.74, 6) is 0.676. The molecule has 0 unspecified atom stereocenters. The van der Waals surface area contributed by atoms with Gasteiger partial charge in [0, 0.05) is 27.3 Å². The van der Waals surface area contributed by atoms with Crippen molar-refractivity contribution in [2.24, 2.45) is 0 Å². The lowest BCUT2D eigenvalue weighted by Crippen LogP contribution is -2.15. The second kappa shape index (κ2) is 9.23. The second-order valence-electron chi connectivity index (χ2n) is 12.3. The summed E-state index contributed by atoms with van der Waals surface area (Å²) in [5, 5.41) is 5.03. The molecule has 1 aliphatic carbocycles. The highest BCUT2D eigenvalue weighted by Crippen LogP contribution is 2.53. The Balaban J connectivity index is 1.36. The third kappa shape index (κ3) is 3.56. The smallest absolute Gasteiger partial charge is 0.235 e. The predicted molar refractivity (Wildman–Crippen MR) is 182 cm³/mol. The molecule has 0 aliphatic heterocycles. The van der Waals surface area contributed by atoms with Crippen molar-refractivity contribution >= 4 is 32.6 Å². The van der Waals surface area contributed by atoms with Gasteiger partial charge in [-0.25, -0.2) is 9.97 Å². The van der Waals surface area contributed by atoms with Crippen LogP contribution in [0.15, 0.2) is 140 Å². The van der Waals surface area contributed by atoms with Crippen molar-refractivity contribution in [1.82, 2.24) is 14.5 Å². The highest BCUT2D eigenvalue weighted by atomic mass is 15.2. The molecule has 208 valence electrons. The largest absolute Gasteiger partial charge is 0.278 e. The molecule has 2 heterocycles. The quantitative estimate of drug-likeness (QED) is 0.214. The summed E-state index contributed by atoms with van der Waals surface area (Å²) in [5.41, 5.74) is 11.4. The van der Waals surface area contributed by atoms with E-state index in [0.717, 1.165) is 33.5 Å². The zero-order valence-corrected chi connectivity index (χ0v) is 24.6. The highest BCUT2D eigenvalue weighted by molar-refractivity contribution is 6.12.